The summed E-state index contributed by atoms with van der Waals surface area (Å²) in [4.78, 5) is 24.6. The van der Waals surface area contributed by atoms with Gasteiger partial charge in [-0.15, -0.1) is 0 Å². The van der Waals surface area contributed by atoms with Crippen LogP contribution in [0, 0.1) is 18.8 Å². The van der Waals surface area contributed by atoms with E-state index in [9.17, 15) is 4.79 Å². The van der Waals surface area contributed by atoms with Gasteiger partial charge in [0.25, 0.3) is 5.91 Å². The number of carbonyl (C=O) groups excluding carboxylic acids is 1. The summed E-state index contributed by atoms with van der Waals surface area (Å²) in [6.45, 7) is 5.39. The number of anilines is 1. The number of piperidine rings is 1. The molecule has 1 saturated heterocycles. The molecular weight excluding hydrogens is 400 g/mol. The fraction of sp³-hybridized carbons (Fsp3) is 0.500. The lowest BCUT2D eigenvalue weighted by Gasteiger charge is -2.34. The van der Waals surface area contributed by atoms with Gasteiger partial charge >= 0.3 is 0 Å². The van der Waals surface area contributed by atoms with Crippen molar-refractivity contribution in [3.8, 4) is 5.75 Å². The van der Waals surface area contributed by atoms with Crippen LogP contribution in [0.3, 0.4) is 0 Å². The Labute approximate surface area is 191 Å². The summed E-state index contributed by atoms with van der Waals surface area (Å²) in [7, 11) is 1.63. The Morgan fingerprint density at radius 1 is 1.12 bits per heavy atom. The molecule has 170 valence electrons. The van der Waals surface area contributed by atoms with Gasteiger partial charge in [0.05, 0.1) is 18.4 Å². The molecule has 0 bridgehead atoms. The van der Waals surface area contributed by atoms with Crippen molar-refractivity contribution in [2.24, 2.45) is 11.8 Å². The van der Waals surface area contributed by atoms with Gasteiger partial charge in [-0.1, -0.05) is 12.2 Å². The maximum absolute atomic E-state index is 13.0. The molecule has 6 heteroatoms. The van der Waals surface area contributed by atoms with E-state index >= 15 is 0 Å². The predicted octanol–water partition coefficient (Wildman–Crippen LogP) is 4.66. The Balaban J connectivity index is 1.35. The number of hydrogen-bond acceptors (Lipinski definition) is 5. The Hall–Kier alpha value is -2.73. The second-order valence-electron chi connectivity index (χ2n) is 9.06. The van der Waals surface area contributed by atoms with Gasteiger partial charge in [-0.2, -0.15) is 0 Å². The molecule has 1 aromatic heterocycles. The van der Waals surface area contributed by atoms with Crippen molar-refractivity contribution in [2.45, 2.75) is 45.4 Å². The lowest BCUT2D eigenvalue weighted by Crippen LogP contribution is -2.38. The predicted molar refractivity (Wildman–Crippen MR) is 127 cm³/mol. The maximum atomic E-state index is 13.0. The van der Waals surface area contributed by atoms with Crippen LogP contribution in [0.4, 0.5) is 5.69 Å². The van der Waals surface area contributed by atoms with Crippen LogP contribution < -0.4 is 10.1 Å². The summed E-state index contributed by atoms with van der Waals surface area (Å²) in [5.41, 5.74) is 2.16. The quantitative estimate of drug-likeness (QED) is 0.642. The SMILES string of the molecule is COc1ccc(NC(=O)c2cnc(C)nc2CC2CCN(CC3CC=CCC3)CC2)cc1. The minimum Gasteiger partial charge on any atom is -0.497 e. The topological polar surface area (TPSA) is 67.3 Å². The number of nitrogens with one attached hydrogen (secondary N) is 1. The molecule has 1 fully saturated rings. The summed E-state index contributed by atoms with van der Waals surface area (Å²) >= 11 is 0. The van der Waals surface area contributed by atoms with Crippen molar-refractivity contribution in [1.82, 2.24) is 14.9 Å². The van der Waals surface area contributed by atoms with Crippen molar-refractivity contribution in [1.29, 1.82) is 0 Å². The van der Waals surface area contributed by atoms with Crippen molar-refractivity contribution in [2.75, 3.05) is 32.1 Å². The van der Waals surface area contributed by atoms with Gasteiger partial charge in [0.2, 0.25) is 0 Å². The standard InChI is InChI=1S/C26H34N4O2/c1-19-27-17-24(26(31)29-22-8-10-23(32-2)11-9-22)25(28-19)16-20-12-14-30(15-13-20)18-21-6-4-3-5-7-21/h3-4,8-11,17,20-21H,5-7,12-16,18H2,1-2H3,(H,29,31). The van der Waals surface area contributed by atoms with Crippen LogP contribution in [0.1, 0.15) is 54.0 Å². The van der Waals surface area contributed by atoms with Crippen LogP contribution >= 0.6 is 0 Å². The van der Waals surface area contributed by atoms with E-state index in [-0.39, 0.29) is 5.91 Å². The molecule has 1 aliphatic carbocycles. The molecule has 1 N–H and O–H groups in total. The van der Waals surface area contributed by atoms with Crippen LogP contribution in [0.5, 0.6) is 5.75 Å². The number of rotatable bonds is 7. The van der Waals surface area contributed by atoms with E-state index in [1.54, 1.807) is 13.3 Å². The third-order valence-corrected chi connectivity index (χ3v) is 6.66. The van der Waals surface area contributed by atoms with Crippen molar-refractivity contribution < 1.29 is 9.53 Å². The first kappa shape index (κ1) is 22.5. The molecule has 0 spiro atoms. The Kier molecular flexibility index (Phi) is 7.53. The van der Waals surface area contributed by atoms with Crippen molar-refractivity contribution >= 4 is 11.6 Å². The van der Waals surface area contributed by atoms with Crippen LogP contribution in [0.2, 0.25) is 0 Å². The lowest BCUT2D eigenvalue weighted by atomic mass is 9.89. The number of amides is 1. The number of ether oxygens (including phenoxy) is 1. The number of aromatic nitrogens is 2. The first-order valence-corrected chi connectivity index (χ1v) is 11.8. The lowest BCUT2D eigenvalue weighted by molar-refractivity contribution is 0.102. The molecule has 2 aromatic rings. The molecule has 2 heterocycles. The Morgan fingerprint density at radius 2 is 1.91 bits per heavy atom. The number of nitrogens with zero attached hydrogens (tertiary/aromatic N) is 3. The van der Waals surface area contributed by atoms with Gasteiger partial charge in [0.15, 0.2) is 0 Å². The number of allylic oxidation sites excluding steroid dienone is 2. The number of carbonyl (C=O) groups is 1. The largest absolute Gasteiger partial charge is 0.497 e. The van der Waals surface area contributed by atoms with E-state index in [4.69, 9.17) is 4.74 Å². The fourth-order valence-corrected chi connectivity index (χ4v) is 4.77. The first-order valence-electron chi connectivity index (χ1n) is 11.8. The van der Waals surface area contributed by atoms with Crippen LogP contribution in [-0.2, 0) is 6.42 Å². The average molecular weight is 435 g/mol. The molecule has 1 aromatic carbocycles. The van der Waals surface area contributed by atoms with E-state index in [2.05, 4.69) is 32.3 Å². The number of methoxy groups -OCH3 is 1. The molecule has 1 amide bonds. The van der Waals surface area contributed by atoms with E-state index in [1.807, 2.05) is 31.2 Å². The minimum atomic E-state index is -0.159. The van der Waals surface area contributed by atoms with E-state index in [0.717, 1.165) is 55.4 Å². The van der Waals surface area contributed by atoms with Crippen LogP contribution in [-0.4, -0.2) is 47.5 Å². The van der Waals surface area contributed by atoms with Crippen molar-refractivity contribution in [3.63, 3.8) is 0 Å². The molecule has 32 heavy (non-hydrogen) atoms. The van der Waals surface area contributed by atoms with Gasteiger partial charge in [0, 0.05) is 18.4 Å². The highest BCUT2D eigenvalue weighted by molar-refractivity contribution is 6.04. The highest BCUT2D eigenvalue weighted by Gasteiger charge is 2.24. The monoisotopic (exact) mass is 434 g/mol. The van der Waals surface area contributed by atoms with Crippen LogP contribution in [0.25, 0.3) is 0 Å². The fourth-order valence-electron chi connectivity index (χ4n) is 4.77. The number of benzene rings is 1. The van der Waals surface area contributed by atoms with Crippen LogP contribution in [0.15, 0.2) is 42.6 Å². The molecule has 1 aliphatic heterocycles. The second kappa shape index (κ2) is 10.7. The Bertz CT molecular complexity index is 933. The highest BCUT2D eigenvalue weighted by atomic mass is 16.5. The molecule has 0 saturated carbocycles. The molecule has 1 atom stereocenters. The average Bonchev–Trinajstić information content (AvgIpc) is 2.81. The maximum Gasteiger partial charge on any atom is 0.259 e. The second-order valence-corrected chi connectivity index (χ2v) is 9.06. The van der Waals surface area contributed by atoms with E-state index in [0.29, 0.717) is 17.3 Å². The highest BCUT2D eigenvalue weighted by Crippen LogP contribution is 2.26. The zero-order chi connectivity index (χ0) is 22.3. The summed E-state index contributed by atoms with van der Waals surface area (Å²) in [6, 6.07) is 7.34. The normalized spacial score (nSPS) is 19.6. The molecule has 2 aliphatic rings. The molecule has 6 nitrogen and oxygen atoms in total. The molecule has 1 unspecified atom stereocenters. The third-order valence-electron chi connectivity index (χ3n) is 6.66. The van der Waals surface area contributed by atoms with Gasteiger partial charge < -0.3 is 15.0 Å². The molecule has 4 rings (SSSR count). The zero-order valence-electron chi connectivity index (χ0n) is 19.2. The summed E-state index contributed by atoms with van der Waals surface area (Å²) in [5.74, 6) is 2.68. The van der Waals surface area contributed by atoms with E-state index < -0.39 is 0 Å². The first-order chi connectivity index (χ1) is 15.6. The van der Waals surface area contributed by atoms with Gasteiger partial charge in [0.1, 0.15) is 11.6 Å². The van der Waals surface area contributed by atoms with Crippen molar-refractivity contribution in [3.05, 3.63) is 59.7 Å². The van der Waals surface area contributed by atoms with Gasteiger partial charge in [-0.3, -0.25) is 4.79 Å². The summed E-state index contributed by atoms with van der Waals surface area (Å²) in [6.07, 6.45) is 13.3. The molecule has 0 radical (unpaired) electrons. The molecular formula is C26H34N4O2. The summed E-state index contributed by atoms with van der Waals surface area (Å²) < 4.78 is 5.19. The van der Waals surface area contributed by atoms with Gasteiger partial charge in [-0.05, 0) is 94.6 Å². The number of aryl methyl sites for hydroxylation is 1. The zero-order valence-corrected chi connectivity index (χ0v) is 19.2. The van der Waals surface area contributed by atoms with E-state index in [1.165, 1.54) is 25.8 Å². The minimum absolute atomic E-state index is 0.159. The number of likely N-dealkylation sites (tertiary alicyclic amines) is 1. The summed E-state index contributed by atoms with van der Waals surface area (Å²) in [5, 5.41) is 2.97. The number of hydrogen-bond donors (Lipinski definition) is 1. The smallest absolute Gasteiger partial charge is 0.259 e. The van der Waals surface area contributed by atoms with Gasteiger partial charge in [-0.25, -0.2) is 9.97 Å². The third kappa shape index (κ3) is 5.94. The Morgan fingerprint density at radius 3 is 2.59 bits per heavy atom.